The minimum absolute atomic E-state index is 0.0156. The molecule has 0 unspecified atom stereocenters. The molecule has 1 aromatic heterocycles. The van der Waals surface area contributed by atoms with Crippen molar-refractivity contribution in [2.24, 2.45) is 27.2 Å². The lowest BCUT2D eigenvalue weighted by Gasteiger charge is -2.02. The molecule has 6 heteroatoms. The van der Waals surface area contributed by atoms with Gasteiger partial charge in [-0.15, -0.1) is 11.3 Å². The van der Waals surface area contributed by atoms with E-state index in [-0.39, 0.29) is 18.0 Å². The van der Waals surface area contributed by atoms with Gasteiger partial charge in [-0.05, 0) is 18.4 Å². The van der Waals surface area contributed by atoms with E-state index in [2.05, 4.69) is 9.98 Å². The maximum Gasteiger partial charge on any atom is 0.219 e. The van der Waals surface area contributed by atoms with E-state index in [1.165, 1.54) is 0 Å². The zero-order valence-electron chi connectivity index (χ0n) is 7.84. The van der Waals surface area contributed by atoms with Crippen LogP contribution in [-0.2, 0) is 0 Å². The SMILES string of the molecule is C[C@H](N=C(N)N=C(N)N)c1cccs1. The number of guanidine groups is 2. The monoisotopic (exact) mass is 211 g/mol. The van der Waals surface area contributed by atoms with E-state index in [1.54, 1.807) is 11.3 Å². The number of thiophene rings is 1. The molecule has 0 aromatic carbocycles. The molecule has 0 saturated carbocycles. The van der Waals surface area contributed by atoms with Gasteiger partial charge in [0.25, 0.3) is 0 Å². The molecule has 1 atom stereocenters. The molecule has 1 aromatic rings. The molecule has 0 saturated heterocycles. The van der Waals surface area contributed by atoms with Gasteiger partial charge < -0.3 is 17.2 Å². The molecular formula is C8H13N5S. The van der Waals surface area contributed by atoms with Crippen molar-refractivity contribution in [2.45, 2.75) is 13.0 Å². The molecule has 1 rings (SSSR count). The normalized spacial score (nSPS) is 13.6. The van der Waals surface area contributed by atoms with Gasteiger partial charge in [0.05, 0.1) is 6.04 Å². The second kappa shape index (κ2) is 4.61. The lowest BCUT2D eigenvalue weighted by atomic mass is 10.3. The van der Waals surface area contributed by atoms with Gasteiger partial charge in [-0.2, -0.15) is 4.99 Å². The van der Waals surface area contributed by atoms with Crippen LogP contribution in [0.3, 0.4) is 0 Å². The van der Waals surface area contributed by atoms with E-state index in [0.29, 0.717) is 0 Å². The van der Waals surface area contributed by atoms with Crippen molar-refractivity contribution in [1.29, 1.82) is 0 Å². The van der Waals surface area contributed by atoms with Gasteiger partial charge in [0.2, 0.25) is 5.96 Å². The molecule has 0 amide bonds. The average Bonchev–Trinajstić information content (AvgIpc) is 2.53. The molecule has 0 aliphatic heterocycles. The average molecular weight is 211 g/mol. The van der Waals surface area contributed by atoms with Crippen LogP contribution in [0.5, 0.6) is 0 Å². The first-order valence-electron chi connectivity index (χ1n) is 4.06. The zero-order chi connectivity index (χ0) is 10.6. The van der Waals surface area contributed by atoms with Crippen molar-refractivity contribution >= 4 is 23.3 Å². The van der Waals surface area contributed by atoms with Crippen LogP contribution in [0.2, 0.25) is 0 Å². The van der Waals surface area contributed by atoms with Crippen LogP contribution in [-0.4, -0.2) is 11.9 Å². The van der Waals surface area contributed by atoms with Crippen molar-refractivity contribution in [1.82, 2.24) is 0 Å². The molecule has 1 heterocycles. The van der Waals surface area contributed by atoms with Gasteiger partial charge in [-0.25, -0.2) is 4.99 Å². The van der Waals surface area contributed by atoms with Crippen molar-refractivity contribution in [3.8, 4) is 0 Å². The lowest BCUT2D eigenvalue weighted by molar-refractivity contribution is 0.835. The van der Waals surface area contributed by atoms with Gasteiger partial charge in [0, 0.05) is 4.88 Å². The van der Waals surface area contributed by atoms with E-state index >= 15 is 0 Å². The topological polar surface area (TPSA) is 103 Å². The summed E-state index contributed by atoms with van der Waals surface area (Å²) < 4.78 is 0. The Labute approximate surface area is 86.3 Å². The second-order valence-corrected chi connectivity index (χ2v) is 3.69. The molecule has 76 valence electrons. The van der Waals surface area contributed by atoms with Gasteiger partial charge >= 0.3 is 0 Å². The fraction of sp³-hybridized carbons (Fsp3) is 0.250. The third kappa shape index (κ3) is 3.06. The highest BCUT2D eigenvalue weighted by atomic mass is 32.1. The fourth-order valence-electron chi connectivity index (χ4n) is 0.952. The summed E-state index contributed by atoms with van der Waals surface area (Å²) in [7, 11) is 0. The fourth-order valence-corrected chi connectivity index (χ4v) is 1.67. The van der Waals surface area contributed by atoms with E-state index in [1.807, 2.05) is 24.4 Å². The quantitative estimate of drug-likeness (QED) is 0.487. The van der Waals surface area contributed by atoms with Crippen molar-refractivity contribution in [3.63, 3.8) is 0 Å². The maximum atomic E-state index is 5.49. The Bertz CT molecular complexity index is 337. The minimum atomic E-state index is -0.0790. The first-order chi connectivity index (χ1) is 6.59. The first-order valence-corrected chi connectivity index (χ1v) is 4.94. The third-order valence-electron chi connectivity index (χ3n) is 1.52. The Morgan fingerprint density at radius 2 is 2.14 bits per heavy atom. The molecule has 0 spiro atoms. The summed E-state index contributed by atoms with van der Waals surface area (Å²) >= 11 is 1.62. The Hall–Kier alpha value is -1.56. The van der Waals surface area contributed by atoms with Gasteiger partial charge in [0.1, 0.15) is 0 Å². The highest BCUT2D eigenvalue weighted by molar-refractivity contribution is 7.10. The maximum absolute atomic E-state index is 5.49. The van der Waals surface area contributed by atoms with Crippen LogP contribution in [0.4, 0.5) is 0 Å². The number of hydrogen-bond acceptors (Lipinski definition) is 2. The second-order valence-electron chi connectivity index (χ2n) is 2.72. The summed E-state index contributed by atoms with van der Waals surface area (Å²) in [6.45, 7) is 1.93. The number of hydrogen-bond donors (Lipinski definition) is 3. The number of rotatable bonds is 2. The number of nitrogens with zero attached hydrogens (tertiary/aromatic N) is 2. The van der Waals surface area contributed by atoms with Crippen LogP contribution < -0.4 is 17.2 Å². The van der Waals surface area contributed by atoms with E-state index in [4.69, 9.17) is 17.2 Å². The standard InChI is InChI=1S/C8H13N5S/c1-5(6-3-2-4-14-6)12-8(11)13-7(9)10/h2-5H,1H3,(H6,9,10,11,12,13)/t5-/m0/s1. The molecular weight excluding hydrogens is 198 g/mol. The highest BCUT2D eigenvalue weighted by Crippen LogP contribution is 2.21. The van der Waals surface area contributed by atoms with Crippen LogP contribution >= 0.6 is 11.3 Å². The first kappa shape index (κ1) is 10.5. The highest BCUT2D eigenvalue weighted by Gasteiger charge is 2.04. The Morgan fingerprint density at radius 3 is 2.64 bits per heavy atom. The zero-order valence-corrected chi connectivity index (χ0v) is 8.66. The molecule has 6 N–H and O–H groups in total. The Kier molecular flexibility index (Phi) is 3.47. The summed E-state index contributed by atoms with van der Waals surface area (Å²) in [4.78, 5) is 8.87. The predicted octanol–water partition coefficient (Wildman–Crippen LogP) is 0.397. The summed E-state index contributed by atoms with van der Waals surface area (Å²) in [6, 6.07) is 3.93. The number of nitrogens with two attached hydrogens (primary N) is 3. The van der Waals surface area contributed by atoms with Crippen molar-refractivity contribution in [3.05, 3.63) is 22.4 Å². The van der Waals surface area contributed by atoms with Gasteiger partial charge in [-0.3, -0.25) is 0 Å². The Balaban J connectivity index is 2.73. The minimum Gasteiger partial charge on any atom is -0.370 e. The molecule has 0 radical (unpaired) electrons. The smallest absolute Gasteiger partial charge is 0.219 e. The van der Waals surface area contributed by atoms with E-state index in [9.17, 15) is 0 Å². The number of aliphatic imine (C=N–C) groups is 2. The summed E-state index contributed by atoms with van der Waals surface area (Å²) in [5, 5.41) is 1.98. The molecule has 0 aliphatic carbocycles. The van der Waals surface area contributed by atoms with Crippen LogP contribution in [0, 0.1) is 0 Å². The van der Waals surface area contributed by atoms with E-state index in [0.717, 1.165) is 4.88 Å². The van der Waals surface area contributed by atoms with E-state index < -0.39 is 0 Å². The molecule has 5 nitrogen and oxygen atoms in total. The summed E-state index contributed by atoms with van der Waals surface area (Å²) in [5.74, 6) is 0.0236. The van der Waals surface area contributed by atoms with Crippen molar-refractivity contribution in [2.75, 3.05) is 0 Å². The molecule has 14 heavy (non-hydrogen) atoms. The van der Waals surface area contributed by atoms with Gasteiger partial charge in [-0.1, -0.05) is 6.07 Å². The largest absolute Gasteiger partial charge is 0.370 e. The Morgan fingerprint density at radius 1 is 1.43 bits per heavy atom. The third-order valence-corrected chi connectivity index (χ3v) is 2.57. The molecule has 0 bridgehead atoms. The summed E-state index contributed by atoms with van der Waals surface area (Å²) in [5.41, 5.74) is 15.8. The van der Waals surface area contributed by atoms with Crippen LogP contribution in [0.1, 0.15) is 17.8 Å². The predicted molar refractivity (Wildman–Crippen MR) is 60.2 cm³/mol. The molecule has 0 aliphatic rings. The lowest BCUT2D eigenvalue weighted by Crippen LogP contribution is -2.26. The molecule has 0 fully saturated rings. The summed E-state index contributed by atoms with van der Waals surface area (Å²) in [6.07, 6.45) is 0. The van der Waals surface area contributed by atoms with Crippen LogP contribution in [0.15, 0.2) is 27.5 Å². The van der Waals surface area contributed by atoms with Crippen LogP contribution in [0.25, 0.3) is 0 Å². The van der Waals surface area contributed by atoms with Gasteiger partial charge in [0.15, 0.2) is 5.96 Å². The van der Waals surface area contributed by atoms with Crippen molar-refractivity contribution < 1.29 is 0 Å².